The molecule has 1 saturated heterocycles. The van der Waals surface area contributed by atoms with Gasteiger partial charge in [0.25, 0.3) is 0 Å². The smallest absolute Gasteiger partial charge is 0.234 e. The van der Waals surface area contributed by atoms with Gasteiger partial charge in [0.15, 0.2) is 0 Å². The van der Waals surface area contributed by atoms with E-state index in [9.17, 15) is 4.79 Å². The lowest BCUT2D eigenvalue weighted by atomic mass is 9.96. The molecule has 29 heavy (non-hydrogen) atoms. The number of ether oxygens (including phenoxy) is 2. The number of carbonyl (C=O) groups is 1. The number of likely N-dealkylation sites (tertiary alicyclic amines) is 1. The molecule has 0 aliphatic carbocycles. The molecule has 1 aromatic carbocycles. The fourth-order valence-electron chi connectivity index (χ4n) is 4.26. The number of piperidine rings is 1. The van der Waals surface area contributed by atoms with E-state index in [1.807, 2.05) is 18.2 Å². The predicted molar refractivity (Wildman–Crippen MR) is 115 cm³/mol. The van der Waals surface area contributed by atoms with Crippen molar-refractivity contribution in [1.82, 2.24) is 15.1 Å². The molecule has 1 unspecified atom stereocenters. The van der Waals surface area contributed by atoms with Gasteiger partial charge in [-0.2, -0.15) is 0 Å². The van der Waals surface area contributed by atoms with Gasteiger partial charge in [-0.05, 0) is 70.3 Å². The number of methoxy groups -OCH3 is 1. The highest BCUT2D eigenvalue weighted by atomic mass is 16.5. The van der Waals surface area contributed by atoms with Crippen LogP contribution in [0.4, 0.5) is 0 Å². The maximum absolute atomic E-state index is 12.6. The van der Waals surface area contributed by atoms with Crippen molar-refractivity contribution >= 4 is 5.91 Å². The summed E-state index contributed by atoms with van der Waals surface area (Å²) in [7, 11) is 1.67. The average molecular weight is 404 g/mol. The highest BCUT2D eigenvalue weighted by Crippen LogP contribution is 2.29. The molecule has 6 heteroatoms. The van der Waals surface area contributed by atoms with E-state index < -0.39 is 0 Å². The van der Waals surface area contributed by atoms with Crippen molar-refractivity contribution in [3.8, 4) is 11.5 Å². The fourth-order valence-corrected chi connectivity index (χ4v) is 4.26. The molecule has 0 radical (unpaired) electrons. The number of carbonyl (C=O) groups excluding carboxylic acids is 1. The fraction of sp³-hybridized carbons (Fsp3) is 0.696. The summed E-state index contributed by atoms with van der Waals surface area (Å²) in [5.41, 5.74) is 1.08. The van der Waals surface area contributed by atoms with Crippen molar-refractivity contribution in [2.24, 2.45) is 5.92 Å². The van der Waals surface area contributed by atoms with Gasteiger partial charge in [0.05, 0.1) is 13.7 Å². The topological polar surface area (TPSA) is 54.0 Å². The summed E-state index contributed by atoms with van der Waals surface area (Å²) in [6.07, 6.45) is 3.35. The molecule has 162 valence electrons. The zero-order valence-corrected chi connectivity index (χ0v) is 18.4. The Morgan fingerprint density at radius 2 is 2.07 bits per heavy atom. The zero-order chi connectivity index (χ0) is 20.8. The van der Waals surface area contributed by atoms with Gasteiger partial charge in [0.1, 0.15) is 17.6 Å². The number of nitrogens with one attached hydrogen (secondary N) is 1. The van der Waals surface area contributed by atoms with Crippen molar-refractivity contribution in [3.63, 3.8) is 0 Å². The Bertz CT molecular complexity index is 671. The summed E-state index contributed by atoms with van der Waals surface area (Å²) < 4.78 is 11.5. The normalized spacial score (nSPS) is 21.3. The van der Waals surface area contributed by atoms with Crippen LogP contribution in [-0.2, 0) is 11.3 Å². The van der Waals surface area contributed by atoms with Crippen molar-refractivity contribution in [2.45, 2.75) is 58.7 Å². The lowest BCUT2D eigenvalue weighted by Gasteiger charge is -2.34. The van der Waals surface area contributed by atoms with Crippen LogP contribution in [-0.4, -0.2) is 67.7 Å². The van der Waals surface area contributed by atoms with Gasteiger partial charge in [-0.25, -0.2) is 0 Å². The summed E-state index contributed by atoms with van der Waals surface area (Å²) in [5, 5.41) is 3.18. The molecule has 0 spiro atoms. The molecule has 6 nitrogen and oxygen atoms in total. The maximum Gasteiger partial charge on any atom is 0.234 e. The van der Waals surface area contributed by atoms with Gasteiger partial charge in [-0.15, -0.1) is 0 Å². The third-order valence-electron chi connectivity index (χ3n) is 6.21. The van der Waals surface area contributed by atoms with Crippen LogP contribution in [0.25, 0.3) is 0 Å². The average Bonchev–Trinajstić information content (AvgIpc) is 2.90. The Morgan fingerprint density at radius 3 is 2.72 bits per heavy atom. The molecule has 1 amide bonds. The first-order valence-corrected chi connectivity index (χ1v) is 11.0. The minimum Gasteiger partial charge on any atom is -0.497 e. The van der Waals surface area contributed by atoms with Crippen LogP contribution in [0, 0.1) is 5.92 Å². The molecular formula is C23H37N3O3. The van der Waals surface area contributed by atoms with E-state index >= 15 is 0 Å². The van der Waals surface area contributed by atoms with Gasteiger partial charge in [0, 0.05) is 31.2 Å². The van der Waals surface area contributed by atoms with Gasteiger partial charge in [-0.3, -0.25) is 9.69 Å². The first-order valence-electron chi connectivity index (χ1n) is 11.0. The Morgan fingerprint density at radius 1 is 1.31 bits per heavy atom. The summed E-state index contributed by atoms with van der Waals surface area (Å²) in [4.78, 5) is 17.4. The summed E-state index contributed by atoms with van der Waals surface area (Å²) in [6.45, 7) is 11.6. The van der Waals surface area contributed by atoms with Crippen LogP contribution in [0.3, 0.4) is 0 Å². The van der Waals surface area contributed by atoms with E-state index in [0.717, 1.165) is 49.7 Å². The molecule has 1 aromatic rings. The number of benzene rings is 1. The largest absolute Gasteiger partial charge is 0.497 e. The van der Waals surface area contributed by atoms with Gasteiger partial charge < -0.3 is 19.7 Å². The Balaban J connectivity index is 1.52. The van der Waals surface area contributed by atoms with Crippen LogP contribution in [0.1, 0.15) is 45.6 Å². The zero-order valence-electron chi connectivity index (χ0n) is 18.4. The molecule has 1 atom stereocenters. The quantitative estimate of drug-likeness (QED) is 0.759. The lowest BCUT2D eigenvalue weighted by Crippen LogP contribution is -2.44. The lowest BCUT2D eigenvalue weighted by molar-refractivity contribution is -0.122. The van der Waals surface area contributed by atoms with E-state index in [1.165, 1.54) is 12.8 Å². The number of hydrogen-bond donors (Lipinski definition) is 1. The molecule has 1 N–H and O–H groups in total. The van der Waals surface area contributed by atoms with Gasteiger partial charge >= 0.3 is 0 Å². The predicted octanol–water partition coefficient (Wildman–Crippen LogP) is 2.90. The van der Waals surface area contributed by atoms with Gasteiger partial charge in [0.2, 0.25) is 5.91 Å². The maximum atomic E-state index is 12.6. The second-order valence-corrected chi connectivity index (χ2v) is 8.67. The Labute approximate surface area is 175 Å². The van der Waals surface area contributed by atoms with Crippen LogP contribution < -0.4 is 14.8 Å². The first kappa shape index (κ1) is 21.9. The number of nitrogens with zero attached hydrogens (tertiary/aromatic N) is 2. The number of hydrogen-bond acceptors (Lipinski definition) is 5. The molecule has 0 bridgehead atoms. The van der Waals surface area contributed by atoms with Crippen LogP contribution >= 0.6 is 0 Å². The van der Waals surface area contributed by atoms with E-state index in [-0.39, 0.29) is 12.0 Å². The number of amides is 1. The molecule has 2 aliphatic heterocycles. The van der Waals surface area contributed by atoms with Crippen LogP contribution in [0.5, 0.6) is 11.5 Å². The SMILES string of the molecule is CCC1CN(CC(=O)NCC2CCN(C(C)C)CC2)Cc2cc(OC)ccc2O1. The van der Waals surface area contributed by atoms with Crippen LogP contribution in [0.2, 0.25) is 0 Å². The number of rotatable bonds is 7. The number of fused-ring (bicyclic) bond motifs is 1. The summed E-state index contributed by atoms with van der Waals surface area (Å²) >= 11 is 0. The second kappa shape index (κ2) is 10.3. The van der Waals surface area contributed by atoms with Crippen molar-refractivity contribution in [1.29, 1.82) is 0 Å². The summed E-state index contributed by atoms with van der Waals surface area (Å²) in [5.74, 6) is 2.42. The van der Waals surface area contributed by atoms with Crippen LogP contribution in [0.15, 0.2) is 18.2 Å². The third kappa shape index (κ3) is 6.09. The minimum atomic E-state index is 0.0952. The Kier molecular flexibility index (Phi) is 7.78. The van der Waals surface area contributed by atoms with E-state index in [0.29, 0.717) is 25.0 Å². The molecule has 3 rings (SSSR count). The molecule has 2 heterocycles. The summed E-state index contributed by atoms with van der Waals surface area (Å²) in [6, 6.07) is 6.53. The highest BCUT2D eigenvalue weighted by Gasteiger charge is 2.25. The molecule has 1 fully saturated rings. The standard InChI is InChI=1S/C23H37N3O3/c1-5-20-15-25(14-19-12-21(28-4)6-7-22(19)29-20)16-23(27)24-13-18-8-10-26(11-9-18)17(2)3/h6-7,12,17-18,20H,5,8-11,13-16H2,1-4H3,(H,24,27). The third-order valence-corrected chi connectivity index (χ3v) is 6.21. The molecule has 0 aromatic heterocycles. The van der Waals surface area contributed by atoms with Gasteiger partial charge in [-0.1, -0.05) is 6.92 Å². The van der Waals surface area contributed by atoms with Crippen molar-refractivity contribution < 1.29 is 14.3 Å². The van der Waals surface area contributed by atoms with E-state index in [2.05, 4.69) is 35.9 Å². The minimum absolute atomic E-state index is 0.0952. The molecule has 2 aliphatic rings. The second-order valence-electron chi connectivity index (χ2n) is 8.67. The monoisotopic (exact) mass is 403 g/mol. The first-order chi connectivity index (χ1) is 14.0. The molecular weight excluding hydrogens is 366 g/mol. The van der Waals surface area contributed by atoms with Crippen molar-refractivity contribution in [2.75, 3.05) is 39.8 Å². The van der Waals surface area contributed by atoms with E-state index in [1.54, 1.807) is 7.11 Å². The Hall–Kier alpha value is -1.79. The molecule has 0 saturated carbocycles. The van der Waals surface area contributed by atoms with Crippen molar-refractivity contribution in [3.05, 3.63) is 23.8 Å². The van der Waals surface area contributed by atoms with E-state index in [4.69, 9.17) is 9.47 Å². The highest BCUT2D eigenvalue weighted by molar-refractivity contribution is 5.78.